The van der Waals surface area contributed by atoms with Gasteiger partial charge in [-0.15, -0.1) is 5.10 Å². The minimum absolute atomic E-state index is 0.00313. The summed E-state index contributed by atoms with van der Waals surface area (Å²) in [4.78, 5) is 38.5. The number of H-pyrrole nitrogens is 2. The molecule has 10 nitrogen and oxygen atoms in total. The molecule has 3 aromatic rings. The number of nitrogens with one attached hydrogen (secondary N) is 3. The van der Waals surface area contributed by atoms with E-state index in [9.17, 15) is 14.4 Å². The Morgan fingerprint density at radius 2 is 2.09 bits per heavy atom. The summed E-state index contributed by atoms with van der Waals surface area (Å²) in [7, 11) is 0. The Morgan fingerprint density at radius 1 is 1.22 bits per heavy atom. The number of ether oxygens (including phenoxy) is 1. The van der Waals surface area contributed by atoms with Crippen LogP contribution in [-0.4, -0.2) is 37.3 Å². The average molecular weight is 314 g/mol. The topological polar surface area (TPSA) is 143 Å². The molecule has 0 bridgehead atoms. The Kier molecular flexibility index (Phi) is 3.78. The molecule has 1 aromatic carbocycles. The first-order valence-corrected chi connectivity index (χ1v) is 6.46. The quantitative estimate of drug-likeness (QED) is 0.349. The van der Waals surface area contributed by atoms with Gasteiger partial charge in [-0.2, -0.15) is 5.10 Å². The predicted octanol–water partition coefficient (Wildman–Crippen LogP) is -0.0246. The molecule has 2 heterocycles. The molecule has 0 radical (unpaired) electrons. The second-order valence-electron chi connectivity index (χ2n) is 4.45. The molecule has 0 fully saturated rings. The van der Waals surface area contributed by atoms with Crippen molar-refractivity contribution in [1.82, 2.24) is 25.4 Å². The van der Waals surface area contributed by atoms with Crippen LogP contribution in [0.15, 0.2) is 35.4 Å². The van der Waals surface area contributed by atoms with E-state index in [0.29, 0.717) is 10.9 Å². The summed E-state index contributed by atoms with van der Waals surface area (Å²) in [5.41, 5.74) is 0.224. The number of hydrogen-bond donors (Lipinski definition) is 3. The molecule has 2 aromatic heterocycles. The maximum atomic E-state index is 11.7. The number of anilines is 1. The molecule has 0 saturated carbocycles. The standard InChI is InChI=1S/C13H10N6O4/c20-10(16-13-14-3-4-15-19-13)6-11(21)23-7-1-2-8-9(5-7)17-18-12(8)22/h1-5H,6H2,(H2,17,18,22)(H,14,16,19,20). The van der Waals surface area contributed by atoms with Crippen molar-refractivity contribution in [3.05, 3.63) is 40.9 Å². The summed E-state index contributed by atoms with van der Waals surface area (Å²) in [5.74, 6) is -1.18. The minimum Gasteiger partial charge on any atom is -0.426 e. The van der Waals surface area contributed by atoms with Crippen LogP contribution in [0.25, 0.3) is 10.9 Å². The van der Waals surface area contributed by atoms with Gasteiger partial charge < -0.3 is 4.74 Å². The van der Waals surface area contributed by atoms with Crippen molar-refractivity contribution in [1.29, 1.82) is 0 Å². The van der Waals surface area contributed by atoms with Crippen molar-refractivity contribution in [3.63, 3.8) is 0 Å². The van der Waals surface area contributed by atoms with E-state index in [4.69, 9.17) is 4.74 Å². The number of benzene rings is 1. The third-order valence-electron chi connectivity index (χ3n) is 2.82. The molecular formula is C13H10N6O4. The first-order valence-electron chi connectivity index (χ1n) is 6.46. The van der Waals surface area contributed by atoms with E-state index in [1.165, 1.54) is 30.6 Å². The lowest BCUT2D eigenvalue weighted by Crippen LogP contribution is -2.21. The molecule has 23 heavy (non-hydrogen) atoms. The summed E-state index contributed by atoms with van der Waals surface area (Å²) in [6.45, 7) is 0. The molecule has 3 N–H and O–H groups in total. The van der Waals surface area contributed by atoms with Crippen molar-refractivity contribution in [2.24, 2.45) is 0 Å². The summed E-state index contributed by atoms with van der Waals surface area (Å²) in [6.07, 6.45) is 2.19. The number of rotatable bonds is 4. The third kappa shape index (κ3) is 3.37. The van der Waals surface area contributed by atoms with Gasteiger partial charge in [-0.05, 0) is 12.1 Å². The maximum absolute atomic E-state index is 11.7. The average Bonchev–Trinajstić information content (AvgIpc) is 2.89. The van der Waals surface area contributed by atoms with Crippen LogP contribution >= 0.6 is 0 Å². The zero-order chi connectivity index (χ0) is 16.2. The Bertz CT molecular complexity index is 917. The van der Waals surface area contributed by atoms with Crippen molar-refractivity contribution >= 4 is 28.7 Å². The number of hydrogen-bond acceptors (Lipinski definition) is 7. The monoisotopic (exact) mass is 314 g/mol. The molecule has 10 heteroatoms. The van der Waals surface area contributed by atoms with Crippen LogP contribution in [0, 0.1) is 0 Å². The number of amides is 1. The number of nitrogens with zero attached hydrogens (tertiary/aromatic N) is 3. The smallest absolute Gasteiger partial charge is 0.320 e. The van der Waals surface area contributed by atoms with E-state index < -0.39 is 18.3 Å². The SMILES string of the molecule is O=C(CC(=O)Oc1ccc2c(=O)[nH][nH]c2c1)Nc1nccnn1. The van der Waals surface area contributed by atoms with E-state index in [2.05, 4.69) is 30.7 Å². The fourth-order valence-electron chi connectivity index (χ4n) is 1.85. The number of carbonyl (C=O) groups is 2. The van der Waals surface area contributed by atoms with Crippen molar-refractivity contribution < 1.29 is 14.3 Å². The highest BCUT2D eigenvalue weighted by Gasteiger charge is 2.14. The van der Waals surface area contributed by atoms with Gasteiger partial charge in [0.2, 0.25) is 11.9 Å². The minimum atomic E-state index is -0.761. The zero-order valence-electron chi connectivity index (χ0n) is 11.6. The van der Waals surface area contributed by atoms with Crippen LogP contribution in [0.3, 0.4) is 0 Å². The van der Waals surface area contributed by atoms with Crippen molar-refractivity contribution in [2.45, 2.75) is 6.42 Å². The number of carbonyl (C=O) groups excluding carboxylic acids is 2. The summed E-state index contributed by atoms with van der Waals surface area (Å²) in [5, 5.41) is 14.9. The van der Waals surface area contributed by atoms with Gasteiger partial charge in [0.1, 0.15) is 12.2 Å². The van der Waals surface area contributed by atoms with E-state index in [-0.39, 0.29) is 17.3 Å². The van der Waals surface area contributed by atoms with Crippen LogP contribution in [0.5, 0.6) is 5.75 Å². The molecule has 0 atom stereocenters. The number of fused-ring (bicyclic) bond motifs is 1. The second kappa shape index (κ2) is 6.05. The zero-order valence-corrected chi connectivity index (χ0v) is 11.6. The number of aromatic amines is 2. The molecule has 0 aliphatic heterocycles. The van der Waals surface area contributed by atoms with Gasteiger partial charge in [0.05, 0.1) is 23.3 Å². The molecular weight excluding hydrogens is 304 g/mol. The lowest BCUT2D eigenvalue weighted by molar-refractivity contribution is -0.137. The van der Waals surface area contributed by atoms with Crippen molar-refractivity contribution in [3.8, 4) is 5.75 Å². The van der Waals surface area contributed by atoms with E-state index in [1.54, 1.807) is 0 Å². The highest BCUT2D eigenvalue weighted by Crippen LogP contribution is 2.17. The fraction of sp³-hybridized carbons (Fsp3) is 0.0769. The lowest BCUT2D eigenvalue weighted by Gasteiger charge is -2.04. The predicted molar refractivity (Wildman–Crippen MR) is 77.6 cm³/mol. The van der Waals surface area contributed by atoms with Crippen LogP contribution in [-0.2, 0) is 9.59 Å². The van der Waals surface area contributed by atoms with Crippen molar-refractivity contribution in [2.75, 3.05) is 5.32 Å². The van der Waals surface area contributed by atoms with Crippen LogP contribution < -0.4 is 15.6 Å². The van der Waals surface area contributed by atoms with Gasteiger partial charge in [-0.1, -0.05) is 0 Å². The Morgan fingerprint density at radius 3 is 2.87 bits per heavy atom. The number of aromatic nitrogens is 5. The Hall–Kier alpha value is -3.56. The van der Waals surface area contributed by atoms with E-state index in [0.717, 1.165) is 0 Å². The Balaban J connectivity index is 1.61. The van der Waals surface area contributed by atoms with Gasteiger partial charge in [-0.3, -0.25) is 29.9 Å². The molecule has 0 aliphatic carbocycles. The molecule has 0 saturated heterocycles. The normalized spacial score (nSPS) is 10.4. The van der Waals surface area contributed by atoms with Crippen LogP contribution in [0.4, 0.5) is 5.95 Å². The molecule has 1 amide bonds. The largest absolute Gasteiger partial charge is 0.426 e. The molecule has 0 unspecified atom stereocenters. The van der Waals surface area contributed by atoms with Gasteiger partial charge in [0, 0.05) is 6.07 Å². The molecule has 0 aliphatic rings. The maximum Gasteiger partial charge on any atom is 0.320 e. The van der Waals surface area contributed by atoms with Gasteiger partial charge in [0.25, 0.3) is 5.56 Å². The summed E-state index contributed by atoms with van der Waals surface area (Å²) < 4.78 is 5.05. The van der Waals surface area contributed by atoms with Crippen LogP contribution in [0.1, 0.15) is 6.42 Å². The number of esters is 1. The fourth-order valence-corrected chi connectivity index (χ4v) is 1.85. The first-order chi connectivity index (χ1) is 11.1. The van der Waals surface area contributed by atoms with Crippen LogP contribution in [0.2, 0.25) is 0 Å². The Labute approximate surface area is 127 Å². The molecule has 0 spiro atoms. The third-order valence-corrected chi connectivity index (χ3v) is 2.82. The second-order valence-corrected chi connectivity index (χ2v) is 4.45. The molecule has 116 valence electrons. The van der Waals surface area contributed by atoms with Gasteiger partial charge in [0.15, 0.2) is 0 Å². The lowest BCUT2D eigenvalue weighted by atomic mass is 10.2. The van der Waals surface area contributed by atoms with Gasteiger partial charge >= 0.3 is 5.97 Å². The highest BCUT2D eigenvalue weighted by atomic mass is 16.5. The highest BCUT2D eigenvalue weighted by molar-refractivity contribution is 6.01. The summed E-state index contributed by atoms with van der Waals surface area (Å²) >= 11 is 0. The summed E-state index contributed by atoms with van der Waals surface area (Å²) in [6, 6.07) is 4.45. The van der Waals surface area contributed by atoms with E-state index in [1.807, 2.05) is 0 Å². The van der Waals surface area contributed by atoms with E-state index >= 15 is 0 Å². The molecule has 3 rings (SSSR count). The van der Waals surface area contributed by atoms with Gasteiger partial charge in [-0.25, -0.2) is 4.98 Å². The first kappa shape index (κ1) is 14.4.